The second-order valence-corrected chi connectivity index (χ2v) is 5.38. The van der Waals surface area contributed by atoms with Crippen molar-refractivity contribution in [2.75, 3.05) is 0 Å². The number of aromatic nitrogens is 3. The van der Waals surface area contributed by atoms with E-state index in [0.717, 1.165) is 16.7 Å². The number of nitrogens with two attached hydrogens (primary N) is 1. The van der Waals surface area contributed by atoms with Crippen LogP contribution in [0, 0.1) is 0 Å². The third-order valence-corrected chi connectivity index (χ3v) is 3.68. The summed E-state index contributed by atoms with van der Waals surface area (Å²) in [7, 11) is 0. The van der Waals surface area contributed by atoms with Gasteiger partial charge in [-0.1, -0.05) is 47.5 Å². The van der Waals surface area contributed by atoms with Crippen molar-refractivity contribution in [2.45, 2.75) is 6.54 Å². The van der Waals surface area contributed by atoms with Gasteiger partial charge in [-0.15, -0.1) is 0 Å². The molecule has 3 aromatic rings. The zero-order valence-corrected chi connectivity index (χ0v) is 12.5. The van der Waals surface area contributed by atoms with Crippen LogP contribution in [0.4, 0.5) is 0 Å². The van der Waals surface area contributed by atoms with Gasteiger partial charge in [-0.2, -0.15) is 5.10 Å². The molecule has 0 unspecified atom stereocenters. The Morgan fingerprint density at radius 2 is 1.81 bits per heavy atom. The molecule has 21 heavy (non-hydrogen) atoms. The third-order valence-electron chi connectivity index (χ3n) is 3.12. The second kappa shape index (κ2) is 5.85. The van der Waals surface area contributed by atoms with E-state index in [4.69, 9.17) is 28.9 Å². The van der Waals surface area contributed by atoms with Crippen LogP contribution in [0.25, 0.3) is 22.8 Å². The Morgan fingerprint density at radius 3 is 2.52 bits per heavy atom. The van der Waals surface area contributed by atoms with Gasteiger partial charge in [-0.25, -0.2) is 4.98 Å². The van der Waals surface area contributed by atoms with Crippen molar-refractivity contribution in [3.05, 3.63) is 58.1 Å². The molecule has 0 amide bonds. The molecule has 0 aliphatic heterocycles. The van der Waals surface area contributed by atoms with E-state index in [0.29, 0.717) is 28.2 Å². The molecule has 0 aliphatic carbocycles. The molecule has 3 N–H and O–H groups in total. The highest BCUT2D eigenvalue weighted by Gasteiger charge is 2.11. The van der Waals surface area contributed by atoms with Crippen LogP contribution in [0.2, 0.25) is 10.0 Å². The summed E-state index contributed by atoms with van der Waals surface area (Å²) in [5.41, 5.74) is 8.28. The highest BCUT2D eigenvalue weighted by atomic mass is 35.5. The van der Waals surface area contributed by atoms with Crippen molar-refractivity contribution in [3.8, 4) is 22.8 Å². The molecule has 1 heterocycles. The average Bonchev–Trinajstić information content (AvgIpc) is 2.99. The first-order chi connectivity index (χ1) is 10.2. The lowest BCUT2D eigenvalue weighted by atomic mass is 10.1. The van der Waals surface area contributed by atoms with Crippen molar-refractivity contribution in [3.63, 3.8) is 0 Å². The summed E-state index contributed by atoms with van der Waals surface area (Å²) in [6, 6.07) is 13.0. The minimum absolute atomic E-state index is 0.512. The SMILES string of the molecule is NCc1ccc(-c2n[nH]c(-c3cc(Cl)ccc3Cl)n2)cc1. The van der Waals surface area contributed by atoms with Gasteiger partial charge in [0, 0.05) is 22.7 Å². The maximum absolute atomic E-state index is 6.17. The molecule has 0 atom stereocenters. The summed E-state index contributed by atoms with van der Waals surface area (Å²) in [6.07, 6.45) is 0. The number of aromatic amines is 1. The molecule has 3 rings (SSSR count). The lowest BCUT2D eigenvalue weighted by Crippen LogP contribution is -1.95. The van der Waals surface area contributed by atoms with Crippen LogP contribution in [0.3, 0.4) is 0 Å². The van der Waals surface area contributed by atoms with Gasteiger partial charge in [0.15, 0.2) is 11.6 Å². The van der Waals surface area contributed by atoms with Crippen LogP contribution in [0.1, 0.15) is 5.56 Å². The van der Waals surface area contributed by atoms with Gasteiger partial charge in [0.05, 0.1) is 5.02 Å². The summed E-state index contributed by atoms with van der Waals surface area (Å²) in [5.74, 6) is 1.19. The normalized spacial score (nSPS) is 10.8. The van der Waals surface area contributed by atoms with E-state index in [1.807, 2.05) is 24.3 Å². The predicted molar refractivity (Wildman–Crippen MR) is 85.2 cm³/mol. The largest absolute Gasteiger partial charge is 0.326 e. The van der Waals surface area contributed by atoms with Crippen molar-refractivity contribution in [1.29, 1.82) is 0 Å². The molecule has 106 valence electrons. The van der Waals surface area contributed by atoms with E-state index in [2.05, 4.69) is 15.2 Å². The predicted octanol–water partition coefficient (Wildman–Crippen LogP) is 3.90. The zero-order valence-electron chi connectivity index (χ0n) is 11.0. The number of rotatable bonds is 3. The van der Waals surface area contributed by atoms with Crippen molar-refractivity contribution < 1.29 is 0 Å². The van der Waals surface area contributed by atoms with E-state index in [1.165, 1.54) is 0 Å². The van der Waals surface area contributed by atoms with Crippen LogP contribution >= 0.6 is 23.2 Å². The van der Waals surface area contributed by atoms with E-state index in [9.17, 15) is 0 Å². The van der Waals surface area contributed by atoms with Crippen LogP contribution in [-0.4, -0.2) is 15.2 Å². The van der Waals surface area contributed by atoms with Crippen LogP contribution in [0.5, 0.6) is 0 Å². The number of H-pyrrole nitrogens is 1. The first kappa shape index (κ1) is 14.1. The van der Waals surface area contributed by atoms with Gasteiger partial charge >= 0.3 is 0 Å². The number of halogens is 2. The topological polar surface area (TPSA) is 67.6 Å². The molecular formula is C15H12Cl2N4. The molecule has 0 bridgehead atoms. The van der Waals surface area contributed by atoms with Gasteiger partial charge in [0.25, 0.3) is 0 Å². The van der Waals surface area contributed by atoms with Crippen molar-refractivity contribution in [2.24, 2.45) is 5.73 Å². The van der Waals surface area contributed by atoms with Gasteiger partial charge in [0.2, 0.25) is 0 Å². The molecule has 1 aromatic heterocycles. The quantitative estimate of drug-likeness (QED) is 0.769. The fourth-order valence-electron chi connectivity index (χ4n) is 1.98. The standard InChI is InChI=1S/C15H12Cl2N4/c16-11-5-6-13(17)12(7-11)15-19-14(20-21-15)10-3-1-9(8-18)2-4-10/h1-7H,8,18H2,(H,19,20,21). The maximum atomic E-state index is 6.17. The van der Waals surface area contributed by atoms with Gasteiger partial charge < -0.3 is 5.73 Å². The number of hydrogen-bond acceptors (Lipinski definition) is 3. The molecule has 6 heteroatoms. The third kappa shape index (κ3) is 2.93. The fraction of sp³-hybridized carbons (Fsp3) is 0.0667. The van der Waals surface area contributed by atoms with Gasteiger partial charge in [-0.05, 0) is 23.8 Å². The van der Waals surface area contributed by atoms with E-state index in [1.54, 1.807) is 18.2 Å². The number of benzene rings is 2. The summed E-state index contributed by atoms with van der Waals surface area (Å²) in [6.45, 7) is 0.512. The molecule has 0 saturated carbocycles. The van der Waals surface area contributed by atoms with Gasteiger partial charge in [0.1, 0.15) is 0 Å². The highest BCUT2D eigenvalue weighted by molar-refractivity contribution is 6.35. The Bertz CT molecular complexity index is 766. The highest BCUT2D eigenvalue weighted by Crippen LogP contribution is 2.29. The van der Waals surface area contributed by atoms with Crippen LogP contribution < -0.4 is 5.73 Å². The van der Waals surface area contributed by atoms with Gasteiger partial charge in [-0.3, -0.25) is 5.10 Å². The molecule has 0 radical (unpaired) electrons. The lowest BCUT2D eigenvalue weighted by Gasteiger charge is -2.00. The smallest absolute Gasteiger partial charge is 0.181 e. The summed E-state index contributed by atoms with van der Waals surface area (Å²) >= 11 is 12.2. The molecular weight excluding hydrogens is 307 g/mol. The number of nitrogens with one attached hydrogen (secondary N) is 1. The Kier molecular flexibility index (Phi) is 3.92. The molecule has 0 spiro atoms. The van der Waals surface area contributed by atoms with Crippen molar-refractivity contribution >= 4 is 23.2 Å². The first-order valence-electron chi connectivity index (χ1n) is 6.34. The Balaban J connectivity index is 1.97. The Labute approximate surface area is 131 Å². The number of nitrogens with zero attached hydrogens (tertiary/aromatic N) is 2. The first-order valence-corrected chi connectivity index (χ1v) is 7.10. The summed E-state index contributed by atoms with van der Waals surface area (Å²) in [4.78, 5) is 4.47. The fourth-order valence-corrected chi connectivity index (χ4v) is 2.36. The average molecular weight is 319 g/mol. The zero-order chi connectivity index (χ0) is 14.8. The van der Waals surface area contributed by atoms with E-state index < -0.39 is 0 Å². The molecule has 0 saturated heterocycles. The van der Waals surface area contributed by atoms with Crippen LogP contribution in [-0.2, 0) is 6.54 Å². The minimum Gasteiger partial charge on any atom is -0.326 e. The molecule has 4 nitrogen and oxygen atoms in total. The summed E-state index contributed by atoms with van der Waals surface area (Å²) in [5, 5.41) is 8.28. The molecule has 0 aliphatic rings. The van der Waals surface area contributed by atoms with E-state index in [-0.39, 0.29) is 0 Å². The molecule has 2 aromatic carbocycles. The Morgan fingerprint density at radius 1 is 1.05 bits per heavy atom. The summed E-state index contributed by atoms with van der Waals surface area (Å²) < 4.78 is 0. The Hall–Kier alpha value is -1.88. The maximum Gasteiger partial charge on any atom is 0.181 e. The number of hydrogen-bond donors (Lipinski definition) is 2. The second-order valence-electron chi connectivity index (χ2n) is 4.53. The monoisotopic (exact) mass is 318 g/mol. The molecule has 0 fully saturated rings. The van der Waals surface area contributed by atoms with Crippen LogP contribution in [0.15, 0.2) is 42.5 Å². The minimum atomic E-state index is 0.512. The van der Waals surface area contributed by atoms with Crippen molar-refractivity contribution in [1.82, 2.24) is 15.2 Å². The lowest BCUT2D eigenvalue weighted by molar-refractivity contribution is 1.07. The van der Waals surface area contributed by atoms with E-state index >= 15 is 0 Å².